The number of carbonyl (C=O) groups is 3. The first-order valence-electron chi connectivity index (χ1n) is 10.3. The van der Waals surface area contributed by atoms with Crippen molar-refractivity contribution in [2.75, 3.05) is 13.1 Å². The van der Waals surface area contributed by atoms with Crippen LogP contribution in [0.5, 0.6) is 0 Å². The van der Waals surface area contributed by atoms with E-state index < -0.39 is 11.6 Å². The molecule has 3 rings (SSSR count). The van der Waals surface area contributed by atoms with Crippen molar-refractivity contribution in [3.05, 3.63) is 34.9 Å². The molecule has 2 N–H and O–H groups in total. The number of halogens is 1. The van der Waals surface area contributed by atoms with Crippen molar-refractivity contribution in [3.63, 3.8) is 0 Å². The molecule has 1 aromatic rings. The van der Waals surface area contributed by atoms with E-state index in [0.717, 1.165) is 29.7 Å². The Balaban J connectivity index is 1.57. The Labute approximate surface area is 177 Å². The Bertz CT molecular complexity index is 783. The van der Waals surface area contributed by atoms with Crippen molar-refractivity contribution in [1.29, 1.82) is 0 Å². The molecule has 0 unspecified atom stereocenters. The van der Waals surface area contributed by atoms with E-state index in [-0.39, 0.29) is 23.8 Å². The summed E-state index contributed by atoms with van der Waals surface area (Å²) in [6.45, 7) is 6.33. The second kappa shape index (κ2) is 8.34. The third-order valence-electron chi connectivity index (χ3n) is 6.44. The van der Waals surface area contributed by atoms with Gasteiger partial charge in [-0.25, -0.2) is 4.79 Å². The van der Waals surface area contributed by atoms with Crippen LogP contribution in [0.2, 0.25) is 5.02 Å². The van der Waals surface area contributed by atoms with Crippen LogP contribution in [0.4, 0.5) is 4.79 Å². The standard InChI is InChI=1S/C22H30ClN3O3/c1-4-15-9-11-22(12-10-15)19(28)26(20(29)25-22)13-18(27)24-14-21(2,3)16-5-7-17(23)8-6-16/h5-8,15H,4,9-14H2,1-3H3,(H,24,27)(H,25,29). The molecular weight excluding hydrogens is 390 g/mol. The van der Waals surface area contributed by atoms with Gasteiger partial charge in [0, 0.05) is 17.0 Å². The van der Waals surface area contributed by atoms with Gasteiger partial charge in [0.2, 0.25) is 5.91 Å². The minimum absolute atomic E-state index is 0.250. The van der Waals surface area contributed by atoms with Gasteiger partial charge in [-0.3, -0.25) is 14.5 Å². The highest BCUT2D eigenvalue weighted by atomic mass is 35.5. The van der Waals surface area contributed by atoms with E-state index in [4.69, 9.17) is 11.6 Å². The van der Waals surface area contributed by atoms with Crippen molar-refractivity contribution in [2.24, 2.45) is 5.92 Å². The highest BCUT2D eigenvalue weighted by Crippen LogP contribution is 2.37. The van der Waals surface area contributed by atoms with E-state index in [1.54, 1.807) is 0 Å². The highest BCUT2D eigenvalue weighted by molar-refractivity contribution is 6.30. The SMILES string of the molecule is CCC1CCC2(CC1)NC(=O)N(CC(=O)NCC(C)(C)c1ccc(Cl)cc1)C2=O. The average Bonchev–Trinajstić information content (AvgIpc) is 2.91. The van der Waals surface area contributed by atoms with Gasteiger partial charge in [0.15, 0.2) is 0 Å². The van der Waals surface area contributed by atoms with Crippen LogP contribution >= 0.6 is 11.6 Å². The van der Waals surface area contributed by atoms with E-state index in [2.05, 4.69) is 17.6 Å². The summed E-state index contributed by atoms with van der Waals surface area (Å²) in [5, 5.41) is 6.39. The Kier molecular flexibility index (Phi) is 6.22. The number of hydrogen-bond acceptors (Lipinski definition) is 3. The largest absolute Gasteiger partial charge is 0.354 e. The lowest BCUT2D eigenvalue weighted by Crippen LogP contribution is -2.50. The first kappa shape index (κ1) is 21.6. The number of nitrogens with one attached hydrogen (secondary N) is 2. The average molecular weight is 420 g/mol. The Morgan fingerprint density at radius 1 is 1.24 bits per heavy atom. The number of amides is 4. The number of carbonyl (C=O) groups excluding carboxylic acids is 3. The monoisotopic (exact) mass is 419 g/mol. The Morgan fingerprint density at radius 3 is 2.45 bits per heavy atom. The van der Waals surface area contributed by atoms with Gasteiger partial charge in [0.1, 0.15) is 12.1 Å². The van der Waals surface area contributed by atoms with Gasteiger partial charge in [0.05, 0.1) is 0 Å². The lowest BCUT2D eigenvalue weighted by molar-refractivity contribution is -0.136. The summed E-state index contributed by atoms with van der Waals surface area (Å²) >= 11 is 5.94. The molecule has 0 aromatic heterocycles. The fraction of sp³-hybridized carbons (Fsp3) is 0.591. The molecule has 29 heavy (non-hydrogen) atoms. The van der Waals surface area contributed by atoms with Crippen molar-refractivity contribution in [3.8, 4) is 0 Å². The summed E-state index contributed by atoms with van der Waals surface area (Å²) in [5.74, 6) is 0.0109. The van der Waals surface area contributed by atoms with E-state index in [9.17, 15) is 14.4 Å². The quantitative estimate of drug-likeness (QED) is 0.691. The van der Waals surface area contributed by atoms with Gasteiger partial charge in [-0.2, -0.15) is 0 Å². The molecule has 2 aliphatic rings. The van der Waals surface area contributed by atoms with Gasteiger partial charge < -0.3 is 10.6 Å². The predicted molar refractivity (Wildman–Crippen MR) is 113 cm³/mol. The topological polar surface area (TPSA) is 78.5 Å². The molecule has 0 bridgehead atoms. The van der Waals surface area contributed by atoms with Crippen LogP contribution in [-0.2, 0) is 15.0 Å². The zero-order valence-corrected chi connectivity index (χ0v) is 18.1. The number of benzene rings is 1. The van der Waals surface area contributed by atoms with E-state index in [1.807, 2.05) is 38.1 Å². The first-order valence-corrected chi connectivity index (χ1v) is 10.7. The number of nitrogens with zero attached hydrogens (tertiary/aromatic N) is 1. The number of hydrogen-bond donors (Lipinski definition) is 2. The summed E-state index contributed by atoms with van der Waals surface area (Å²) in [5.41, 5.74) is -0.0769. The lowest BCUT2D eigenvalue weighted by Gasteiger charge is -2.34. The summed E-state index contributed by atoms with van der Waals surface area (Å²) in [6.07, 6.45) is 4.25. The molecule has 1 aromatic carbocycles. The van der Waals surface area contributed by atoms with Gasteiger partial charge in [0.25, 0.3) is 5.91 Å². The van der Waals surface area contributed by atoms with E-state index in [0.29, 0.717) is 30.3 Å². The van der Waals surface area contributed by atoms with Crippen molar-refractivity contribution >= 4 is 29.4 Å². The third kappa shape index (κ3) is 4.58. The van der Waals surface area contributed by atoms with E-state index >= 15 is 0 Å². The predicted octanol–water partition coefficient (Wildman–Crippen LogP) is 3.62. The maximum atomic E-state index is 12.9. The fourth-order valence-corrected chi connectivity index (χ4v) is 4.39. The molecule has 0 radical (unpaired) electrons. The van der Waals surface area contributed by atoms with E-state index in [1.165, 1.54) is 0 Å². The summed E-state index contributed by atoms with van der Waals surface area (Å²) in [4.78, 5) is 38.9. The molecule has 4 amide bonds. The highest BCUT2D eigenvalue weighted by Gasteiger charge is 2.52. The summed E-state index contributed by atoms with van der Waals surface area (Å²) in [7, 11) is 0. The second-order valence-electron chi connectivity index (χ2n) is 8.92. The Morgan fingerprint density at radius 2 is 1.86 bits per heavy atom. The van der Waals surface area contributed by atoms with Gasteiger partial charge in [-0.05, 0) is 49.3 Å². The molecule has 1 aliphatic heterocycles. The molecule has 1 saturated carbocycles. The first-order chi connectivity index (χ1) is 13.7. The van der Waals surface area contributed by atoms with Crippen molar-refractivity contribution in [1.82, 2.24) is 15.5 Å². The minimum atomic E-state index is -0.814. The van der Waals surface area contributed by atoms with Crippen LogP contribution in [0.1, 0.15) is 58.4 Å². The summed E-state index contributed by atoms with van der Waals surface area (Å²) < 4.78 is 0. The fourth-order valence-electron chi connectivity index (χ4n) is 4.26. The normalized spacial score (nSPS) is 24.7. The summed E-state index contributed by atoms with van der Waals surface area (Å²) in [6, 6.07) is 7.04. The van der Waals surface area contributed by atoms with Crippen LogP contribution in [0.3, 0.4) is 0 Å². The van der Waals surface area contributed by atoms with Gasteiger partial charge in [-0.15, -0.1) is 0 Å². The van der Waals surface area contributed by atoms with Crippen molar-refractivity contribution in [2.45, 2.75) is 63.8 Å². The van der Waals surface area contributed by atoms with Crippen LogP contribution in [0.15, 0.2) is 24.3 Å². The molecule has 1 heterocycles. The van der Waals surface area contributed by atoms with Crippen LogP contribution in [-0.4, -0.2) is 41.4 Å². The zero-order valence-electron chi connectivity index (χ0n) is 17.4. The smallest absolute Gasteiger partial charge is 0.325 e. The molecule has 7 heteroatoms. The van der Waals surface area contributed by atoms with Crippen LogP contribution < -0.4 is 10.6 Å². The van der Waals surface area contributed by atoms with Crippen LogP contribution in [0, 0.1) is 5.92 Å². The molecule has 1 saturated heterocycles. The zero-order chi connectivity index (χ0) is 21.2. The molecule has 0 atom stereocenters. The molecule has 2 fully saturated rings. The van der Waals surface area contributed by atoms with Crippen LogP contribution in [0.25, 0.3) is 0 Å². The molecular formula is C22H30ClN3O3. The Hall–Kier alpha value is -2.08. The number of urea groups is 1. The molecule has 158 valence electrons. The lowest BCUT2D eigenvalue weighted by atomic mass is 9.75. The number of imide groups is 1. The molecule has 6 nitrogen and oxygen atoms in total. The minimum Gasteiger partial charge on any atom is -0.354 e. The molecule has 1 aliphatic carbocycles. The van der Waals surface area contributed by atoms with Gasteiger partial charge >= 0.3 is 6.03 Å². The number of rotatable bonds is 6. The maximum Gasteiger partial charge on any atom is 0.325 e. The molecule has 1 spiro atoms. The third-order valence-corrected chi connectivity index (χ3v) is 6.69. The second-order valence-corrected chi connectivity index (χ2v) is 9.36. The van der Waals surface area contributed by atoms with Gasteiger partial charge in [-0.1, -0.05) is 50.9 Å². The maximum absolute atomic E-state index is 12.9. The van der Waals surface area contributed by atoms with Crippen molar-refractivity contribution < 1.29 is 14.4 Å².